The zero-order valence-electron chi connectivity index (χ0n) is 13.2. The van der Waals surface area contributed by atoms with Crippen LogP contribution in [0.15, 0.2) is 36.5 Å². The summed E-state index contributed by atoms with van der Waals surface area (Å²) in [4.78, 5) is 31.5. The van der Waals surface area contributed by atoms with Gasteiger partial charge >= 0.3 is 0 Å². The van der Waals surface area contributed by atoms with Crippen molar-refractivity contribution >= 4 is 11.8 Å². The maximum atomic E-state index is 13.3. The molecule has 0 saturated carbocycles. The first-order valence-electron chi connectivity index (χ1n) is 7.65. The van der Waals surface area contributed by atoms with E-state index in [9.17, 15) is 23.5 Å². The summed E-state index contributed by atoms with van der Waals surface area (Å²) in [7, 11) is 0. The molecule has 0 bridgehead atoms. The van der Waals surface area contributed by atoms with Crippen molar-refractivity contribution in [2.75, 3.05) is 26.2 Å². The molecule has 130 valence electrons. The van der Waals surface area contributed by atoms with Crippen molar-refractivity contribution in [2.24, 2.45) is 0 Å². The Morgan fingerprint density at radius 3 is 2.20 bits per heavy atom. The molecule has 2 heterocycles. The van der Waals surface area contributed by atoms with Crippen LogP contribution in [0.25, 0.3) is 0 Å². The Bertz CT molecular complexity index is 821. The molecule has 2 amide bonds. The van der Waals surface area contributed by atoms with E-state index in [0.29, 0.717) is 0 Å². The molecule has 1 aromatic carbocycles. The molecule has 0 atom stereocenters. The fourth-order valence-corrected chi connectivity index (χ4v) is 2.64. The normalized spacial score (nSPS) is 14.5. The second-order valence-electron chi connectivity index (χ2n) is 5.58. The fraction of sp³-hybridized carbons (Fsp3) is 0.235. The predicted octanol–water partition coefficient (Wildman–Crippen LogP) is 1.66. The van der Waals surface area contributed by atoms with Gasteiger partial charge in [-0.15, -0.1) is 0 Å². The van der Waals surface area contributed by atoms with E-state index in [-0.39, 0.29) is 43.2 Å². The van der Waals surface area contributed by atoms with Crippen molar-refractivity contribution in [3.8, 4) is 5.75 Å². The summed E-state index contributed by atoms with van der Waals surface area (Å²) in [5.74, 6) is -3.13. The predicted molar refractivity (Wildman–Crippen MR) is 84.1 cm³/mol. The quantitative estimate of drug-likeness (QED) is 0.897. The van der Waals surface area contributed by atoms with E-state index in [1.807, 2.05) is 0 Å². The monoisotopic (exact) mass is 347 g/mol. The molecule has 0 unspecified atom stereocenters. The molecule has 1 N–H and O–H groups in total. The fourth-order valence-electron chi connectivity index (χ4n) is 2.64. The zero-order chi connectivity index (χ0) is 18.0. The molecular weight excluding hydrogens is 332 g/mol. The van der Waals surface area contributed by atoms with E-state index in [4.69, 9.17) is 0 Å². The van der Waals surface area contributed by atoms with Crippen molar-refractivity contribution in [3.05, 3.63) is 59.4 Å². The van der Waals surface area contributed by atoms with Gasteiger partial charge in [0.1, 0.15) is 5.75 Å². The number of halogens is 2. The van der Waals surface area contributed by atoms with Crippen LogP contribution in [0.3, 0.4) is 0 Å². The molecule has 3 rings (SSSR count). The number of benzene rings is 1. The average molecular weight is 347 g/mol. The lowest BCUT2D eigenvalue weighted by Crippen LogP contribution is -2.50. The summed E-state index contributed by atoms with van der Waals surface area (Å²) in [5.41, 5.74) is 0.0175. The number of amides is 2. The minimum atomic E-state index is -1.08. The number of piperazine rings is 1. The molecule has 2 aromatic rings. The van der Waals surface area contributed by atoms with Crippen molar-refractivity contribution in [1.82, 2.24) is 14.8 Å². The highest BCUT2D eigenvalue weighted by molar-refractivity contribution is 5.96. The third-order valence-electron chi connectivity index (χ3n) is 4.01. The van der Waals surface area contributed by atoms with Crippen molar-refractivity contribution in [3.63, 3.8) is 0 Å². The van der Waals surface area contributed by atoms with Gasteiger partial charge in [-0.25, -0.2) is 13.8 Å². The Kier molecular flexibility index (Phi) is 4.60. The van der Waals surface area contributed by atoms with E-state index in [0.717, 1.165) is 12.1 Å². The van der Waals surface area contributed by atoms with Gasteiger partial charge in [0.2, 0.25) is 0 Å². The van der Waals surface area contributed by atoms with Crippen LogP contribution in [0, 0.1) is 11.6 Å². The molecule has 8 heteroatoms. The van der Waals surface area contributed by atoms with E-state index < -0.39 is 23.4 Å². The number of aromatic hydroxyl groups is 1. The molecule has 1 fully saturated rings. The van der Waals surface area contributed by atoms with Gasteiger partial charge in [0, 0.05) is 37.9 Å². The molecular formula is C17H15F2N3O3. The Labute approximate surface area is 142 Å². The average Bonchev–Trinajstić information content (AvgIpc) is 2.63. The van der Waals surface area contributed by atoms with Gasteiger partial charge in [-0.2, -0.15) is 0 Å². The van der Waals surface area contributed by atoms with E-state index >= 15 is 0 Å². The number of rotatable bonds is 2. The molecule has 0 radical (unpaired) electrons. The third kappa shape index (κ3) is 3.42. The Morgan fingerprint density at radius 2 is 1.60 bits per heavy atom. The SMILES string of the molecule is O=C(c1ccc(F)c(F)c1)N1CCN(C(=O)c2ncccc2O)CC1. The summed E-state index contributed by atoms with van der Waals surface area (Å²) in [6.07, 6.45) is 1.41. The van der Waals surface area contributed by atoms with E-state index in [1.165, 1.54) is 34.2 Å². The van der Waals surface area contributed by atoms with E-state index in [1.54, 1.807) is 0 Å². The maximum Gasteiger partial charge on any atom is 0.276 e. The summed E-state index contributed by atoms with van der Waals surface area (Å²) in [6, 6.07) is 5.89. The van der Waals surface area contributed by atoms with Gasteiger partial charge in [-0.3, -0.25) is 9.59 Å². The molecule has 1 saturated heterocycles. The van der Waals surface area contributed by atoms with Crippen LogP contribution in [0.4, 0.5) is 8.78 Å². The molecule has 0 aliphatic carbocycles. The number of nitrogens with zero attached hydrogens (tertiary/aromatic N) is 3. The standard InChI is InChI=1S/C17H15F2N3O3/c18-12-4-3-11(10-13(12)19)16(24)21-6-8-22(9-7-21)17(25)15-14(23)2-1-5-20-15/h1-5,10,23H,6-9H2. The smallest absolute Gasteiger partial charge is 0.276 e. The van der Waals surface area contributed by atoms with Crippen LogP contribution in [-0.2, 0) is 0 Å². The van der Waals surface area contributed by atoms with Crippen molar-refractivity contribution in [1.29, 1.82) is 0 Å². The molecule has 1 aliphatic heterocycles. The number of carbonyl (C=O) groups excluding carboxylic acids is 2. The first kappa shape index (κ1) is 16.8. The van der Waals surface area contributed by atoms with Crippen LogP contribution in [0.1, 0.15) is 20.8 Å². The molecule has 1 aliphatic rings. The molecule has 25 heavy (non-hydrogen) atoms. The minimum Gasteiger partial charge on any atom is -0.505 e. The zero-order valence-corrected chi connectivity index (χ0v) is 13.2. The lowest BCUT2D eigenvalue weighted by molar-refractivity contribution is 0.0530. The van der Waals surface area contributed by atoms with Gasteiger partial charge in [0.15, 0.2) is 17.3 Å². The highest BCUT2D eigenvalue weighted by atomic mass is 19.2. The van der Waals surface area contributed by atoms with Crippen LogP contribution in [0.2, 0.25) is 0 Å². The van der Waals surface area contributed by atoms with Crippen LogP contribution in [0.5, 0.6) is 5.75 Å². The third-order valence-corrected chi connectivity index (χ3v) is 4.01. The van der Waals surface area contributed by atoms with Crippen LogP contribution >= 0.6 is 0 Å². The first-order chi connectivity index (χ1) is 12.0. The molecule has 0 spiro atoms. The summed E-state index contributed by atoms with van der Waals surface area (Å²) in [5, 5.41) is 9.71. The topological polar surface area (TPSA) is 73.7 Å². The number of carbonyl (C=O) groups is 2. The largest absolute Gasteiger partial charge is 0.505 e. The van der Waals surface area contributed by atoms with Crippen molar-refractivity contribution < 1.29 is 23.5 Å². The van der Waals surface area contributed by atoms with Gasteiger partial charge in [0.25, 0.3) is 11.8 Å². The minimum absolute atomic E-state index is 0.0390. The highest BCUT2D eigenvalue weighted by Crippen LogP contribution is 2.17. The lowest BCUT2D eigenvalue weighted by Gasteiger charge is -2.34. The number of aromatic nitrogens is 1. The van der Waals surface area contributed by atoms with E-state index in [2.05, 4.69) is 4.98 Å². The second-order valence-corrected chi connectivity index (χ2v) is 5.58. The first-order valence-corrected chi connectivity index (χ1v) is 7.65. The second kappa shape index (κ2) is 6.84. The maximum absolute atomic E-state index is 13.3. The summed E-state index contributed by atoms with van der Waals surface area (Å²) in [6.45, 7) is 1.00. The summed E-state index contributed by atoms with van der Waals surface area (Å²) < 4.78 is 26.2. The molecule has 1 aromatic heterocycles. The highest BCUT2D eigenvalue weighted by Gasteiger charge is 2.27. The number of hydrogen-bond acceptors (Lipinski definition) is 4. The Balaban J connectivity index is 1.65. The number of hydrogen-bond donors (Lipinski definition) is 1. The molecule has 6 nitrogen and oxygen atoms in total. The Hall–Kier alpha value is -3.03. The van der Waals surface area contributed by atoms with Crippen LogP contribution in [-0.4, -0.2) is 57.9 Å². The number of pyridine rings is 1. The summed E-state index contributed by atoms with van der Waals surface area (Å²) >= 11 is 0. The Morgan fingerprint density at radius 1 is 0.960 bits per heavy atom. The van der Waals surface area contributed by atoms with Gasteiger partial charge < -0.3 is 14.9 Å². The van der Waals surface area contributed by atoms with Gasteiger partial charge in [0.05, 0.1) is 0 Å². The van der Waals surface area contributed by atoms with Crippen LogP contribution < -0.4 is 0 Å². The van der Waals surface area contributed by atoms with Crippen molar-refractivity contribution in [2.45, 2.75) is 0 Å². The van der Waals surface area contributed by atoms with Gasteiger partial charge in [-0.05, 0) is 30.3 Å². The lowest BCUT2D eigenvalue weighted by atomic mass is 10.1. The van der Waals surface area contributed by atoms with Gasteiger partial charge in [-0.1, -0.05) is 0 Å².